The fourth-order valence-electron chi connectivity index (χ4n) is 3.73. The summed E-state index contributed by atoms with van der Waals surface area (Å²) >= 11 is 0. The van der Waals surface area contributed by atoms with Crippen LogP contribution in [0.2, 0.25) is 0 Å². The molecule has 0 saturated carbocycles. The SMILES string of the molecule is C#CC(C)(CCCc1cccc(Oc2ccccc2)c1)c1ccc(OCC)c(OCC)c1. The summed E-state index contributed by atoms with van der Waals surface area (Å²) < 4.78 is 17.5. The maximum absolute atomic E-state index is 6.01. The van der Waals surface area contributed by atoms with Gasteiger partial charge < -0.3 is 14.2 Å². The van der Waals surface area contributed by atoms with Crippen LogP contribution in [0.1, 0.15) is 44.7 Å². The Hall–Kier alpha value is -3.38. The van der Waals surface area contributed by atoms with E-state index in [4.69, 9.17) is 20.6 Å². The highest BCUT2D eigenvalue weighted by Crippen LogP contribution is 2.36. The Kier molecular flexibility index (Phi) is 8.22. The third kappa shape index (κ3) is 6.08. The number of hydrogen-bond acceptors (Lipinski definition) is 3. The highest BCUT2D eigenvalue weighted by Gasteiger charge is 2.25. The molecule has 3 aromatic carbocycles. The Labute approximate surface area is 192 Å². The van der Waals surface area contributed by atoms with E-state index in [1.165, 1.54) is 5.56 Å². The number of rotatable bonds is 11. The molecule has 0 aliphatic rings. The minimum atomic E-state index is -0.380. The average molecular weight is 429 g/mol. The molecule has 1 unspecified atom stereocenters. The van der Waals surface area contributed by atoms with Crippen LogP contribution in [0.5, 0.6) is 23.0 Å². The molecule has 0 N–H and O–H groups in total. The van der Waals surface area contributed by atoms with Crippen molar-refractivity contribution in [3.05, 3.63) is 83.9 Å². The molecule has 0 fully saturated rings. The van der Waals surface area contributed by atoms with E-state index in [0.717, 1.165) is 47.8 Å². The van der Waals surface area contributed by atoms with E-state index in [2.05, 4.69) is 31.0 Å². The van der Waals surface area contributed by atoms with Gasteiger partial charge in [-0.15, -0.1) is 6.42 Å². The van der Waals surface area contributed by atoms with Crippen LogP contribution in [-0.4, -0.2) is 13.2 Å². The average Bonchev–Trinajstić information content (AvgIpc) is 2.81. The fraction of sp³-hybridized carbons (Fsp3) is 0.310. The predicted molar refractivity (Wildman–Crippen MR) is 131 cm³/mol. The van der Waals surface area contributed by atoms with Crippen molar-refractivity contribution in [1.29, 1.82) is 0 Å². The van der Waals surface area contributed by atoms with E-state index in [1.807, 2.05) is 68.4 Å². The Bertz CT molecular complexity index is 1040. The summed E-state index contributed by atoms with van der Waals surface area (Å²) in [6, 6.07) is 24.1. The number of ether oxygens (including phenoxy) is 3. The number of para-hydroxylation sites is 1. The van der Waals surface area contributed by atoms with E-state index in [1.54, 1.807) is 0 Å². The van der Waals surface area contributed by atoms with Gasteiger partial charge in [-0.05, 0) is 87.6 Å². The lowest BCUT2D eigenvalue weighted by Crippen LogP contribution is -2.20. The minimum absolute atomic E-state index is 0.380. The molecule has 1 atom stereocenters. The fourth-order valence-corrected chi connectivity index (χ4v) is 3.73. The van der Waals surface area contributed by atoms with E-state index in [-0.39, 0.29) is 5.41 Å². The van der Waals surface area contributed by atoms with Crippen molar-refractivity contribution < 1.29 is 14.2 Å². The molecule has 0 aliphatic heterocycles. The molecule has 0 aromatic heterocycles. The summed E-state index contributed by atoms with van der Waals surface area (Å²) in [7, 11) is 0. The molecule has 0 bridgehead atoms. The van der Waals surface area contributed by atoms with E-state index < -0.39 is 0 Å². The topological polar surface area (TPSA) is 27.7 Å². The second kappa shape index (κ2) is 11.3. The molecule has 3 nitrogen and oxygen atoms in total. The van der Waals surface area contributed by atoms with Crippen LogP contribution < -0.4 is 14.2 Å². The van der Waals surface area contributed by atoms with Gasteiger partial charge in [-0.25, -0.2) is 0 Å². The lowest BCUT2D eigenvalue weighted by molar-refractivity contribution is 0.287. The molecule has 0 heterocycles. The molecule has 0 aliphatic carbocycles. The third-order valence-corrected chi connectivity index (χ3v) is 5.52. The molecule has 3 heteroatoms. The second-order valence-corrected chi connectivity index (χ2v) is 7.92. The molecule has 3 aromatic rings. The van der Waals surface area contributed by atoms with Gasteiger partial charge in [0.2, 0.25) is 0 Å². The van der Waals surface area contributed by atoms with Gasteiger partial charge in [-0.3, -0.25) is 0 Å². The molecule has 166 valence electrons. The lowest BCUT2D eigenvalue weighted by Gasteiger charge is -2.25. The minimum Gasteiger partial charge on any atom is -0.490 e. The van der Waals surface area contributed by atoms with Crippen molar-refractivity contribution in [1.82, 2.24) is 0 Å². The van der Waals surface area contributed by atoms with E-state index in [9.17, 15) is 0 Å². The zero-order chi connectivity index (χ0) is 22.8. The van der Waals surface area contributed by atoms with E-state index in [0.29, 0.717) is 13.2 Å². The van der Waals surface area contributed by atoms with Crippen LogP contribution in [0.25, 0.3) is 0 Å². The second-order valence-electron chi connectivity index (χ2n) is 7.92. The van der Waals surface area contributed by atoms with Crippen LogP contribution in [0.3, 0.4) is 0 Å². The van der Waals surface area contributed by atoms with Gasteiger partial charge in [-0.1, -0.05) is 42.3 Å². The van der Waals surface area contributed by atoms with Crippen molar-refractivity contribution in [2.75, 3.05) is 13.2 Å². The first-order chi connectivity index (χ1) is 15.6. The summed E-state index contributed by atoms with van der Waals surface area (Å²) in [4.78, 5) is 0. The van der Waals surface area contributed by atoms with Crippen LogP contribution in [0.4, 0.5) is 0 Å². The van der Waals surface area contributed by atoms with Gasteiger partial charge in [0.25, 0.3) is 0 Å². The van der Waals surface area contributed by atoms with Crippen molar-refractivity contribution in [3.63, 3.8) is 0 Å². The zero-order valence-corrected chi connectivity index (χ0v) is 19.3. The molecular formula is C29H32O3. The standard InChI is InChI=1S/C29H32O3/c1-5-29(4,24-18-19-27(30-6-2)28(22-24)31-7-3)20-12-14-23-13-11-17-26(21-23)32-25-15-9-8-10-16-25/h1,8-11,13,15-19,21-22H,6-7,12,14,20H2,2-4H3. The Morgan fingerprint density at radius 3 is 2.25 bits per heavy atom. The van der Waals surface area contributed by atoms with Gasteiger partial charge >= 0.3 is 0 Å². The maximum Gasteiger partial charge on any atom is 0.161 e. The highest BCUT2D eigenvalue weighted by molar-refractivity contribution is 5.47. The van der Waals surface area contributed by atoms with Crippen LogP contribution >= 0.6 is 0 Å². The molecule has 0 amide bonds. The first kappa shape index (κ1) is 23.3. The molecule has 0 radical (unpaired) electrons. The Morgan fingerprint density at radius 1 is 0.812 bits per heavy atom. The Morgan fingerprint density at radius 2 is 1.53 bits per heavy atom. The van der Waals surface area contributed by atoms with Gasteiger partial charge in [-0.2, -0.15) is 0 Å². The monoisotopic (exact) mass is 428 g/mol. The lowest BCUT2D eigenvalue weighted by atomic mass is 9.78. The van der Waals surface area contributed by atoms with Crippen LogP contribution in [0, 0.1) is 12.3 Å². The predicted octanol–water partition coefficient (Wildman–Crippen LogP) is 7.19. The number of hydrogen-bond donors (Lipinski definition) is 0. The normalized spacial score (nSPS) is 12.4. The first-order valence-electron chi connectivity index (χ1n) is 11.3. The van der Waals surface area contributed by atoms with E-state index >= 15 is 0 Å². The van der Waals surface area contributed by atoms with Gasteiger partial charge in [0.15, 0.2) is 11.5 Å². The summed E-state index contributed by atoms with van der Waals surface area (Å²) in [5.74, 6) is 6.22. The van der Waals surface area contributed by atoms with Gasteiger partial charge in [0.1, 0.15) is 11.5 Å². The summed E-state index contributed by atoms with van der Waals surface area (Å²) in [6.07, 6.45) is 8.77. The third-order valence-electron chi connectivity index (χ3n) is 5.52. The summed E-state index contributed by atoms with van der Waals surface area (Å²) in [5.41, 5.74) is 1.93. The Balaban J connectivity index is 1.67. The summed E-state index contributed by atoms with van der Waals surface area (Å²) in [5, 5.41) is 0. The van der Waals surface area contributed by atoms with Crippen molar-refractivity contribution in [2.24, 2.45) is 0 Å². The molecule has 0 saturated heterocycles. The zero-order valence-electron chi connectivity index (χ0n) is 19.3. The quantitative estimate of drug-likeness (QED) is 0.303. The first-order valence-corrected chi connectivity index (χ1v) is 11.3. The van der Waals surface area contributed by atoms with Crippen molar-refractivity contribution >= 4 is 0 Å². The molecule has 3 rings (SSSR count). The van der Waals surface area contributed by atoms with Gasteiger partial charge in [0.05, 0.1) is 18.6 Å². The highest BCUT2D eigenvalue weighted by atomic mass is 16.5. The summed E-state index contributed by atoms with van der Waals surface area (Å²) in [6.45, 7) is 7.23. The van der Waals surface area contributed by atoms with Crippen LogP contribution in [-0.2, 0) is 11.8 Å². The van der Waals surface area contributed by atoms with Gasteiger partial charge in [0, 0.05) is 0 Å². The number of benzene rings is 3. The van der Waals surface area contributed by atoms with Crippen LogP contribution in [0.15, 0.2) is 72.8 Å². The maximum atomic E-state index is 6.01. The number of terminal acetylenes is 1. The smallest absolute Gasteiger partial charge is 0.161 e. The van der Waals surface area contributed by atoms with Crippen molar-refractivity contribution in [3.8, 4) is 35.3 Å². The molecule has 32 heavy (non-hydrogen) atoms. The van der Waals surface area contributed by atoms with Crippen molar-refractivity contribution in [2.45, 2.75) is 45.4 Å². The molecular weight excluding hydrogens is 396 g/mol. The molecule has 0 spiro atoms. The number of aryl methyl sites for hydroxylation is 1. The largest absolute Gasteiger partial charge is 0.490 e.